The van der Waals surface area contributed by atoms with E-state index in [2.05, 4.69) is 5.43 Å². The summed E-state index contributed by atoms with van der Waals surface area (Å²) in [6, 6.07) is 5.24. The Bertz CT molecular complexity index is 387. The fraction of sp³-hybridized carbons (Fsp3) is 0.300. The molecule has 88 valence electrons. The summed E-state index contributed by atoms with van der Waals surface area (Å²) >= 11 is 13.3. The van der Waals surface area contributed by atoms with Gasteiger partial charge < -0.3 is 0 Å². The number of amides is 1. The normalized spacial score (nSPS) is 12.2. The Morgan fingerprint density at radius 1 is 1.56 bits per heavy atom. The summed E-state index contributed by atoms with van der Waals surface area (Å²) < 4.78 is 0. The molecule has 16 heavy (non-hydrogen) atoms. The average molecular weight is 279 g/mol. The molecule has 0 aromatic heterocycles. The van der Waals surface area contributed by atoms with Crippen LogP contribution in [0.2, 0.25) is 10.0 Å². The number of nitrogens with one attached hydrogen (secondary N) is 1. The SMILES string of the molecule is CC(CSc1cc(Cl)ccc1Cl)C(=O)NN. The molecule has 1 atom stereocenters. The maximum atomic E-state index is 11.2. The van der Waals surface area contributed by atoms with Crippen molar-refractivity contribution in [3.8, 4) is 0 Å². The molecular formula is C10H12Cl2N2OS. The molecule has 0 heterocycles. The Labute approximate surface area is 109 Å². The van der Waals surface area contributed by atoms with Gasteiger partial charge in [-0.05, 0) is 18.2 Å². The van der Waals surface area contributed by atoms with Crippen molar-refractivity contribution in [2.24, 2.45) is 11.8 Å². The molecule has 3 N–H and O–H groups in total. The standard InChI is InChI=1S/C10H12Cl2N2OS/c1-6(10(15)14-13)5-16-9-4-7(11)2-3-8(9)12/h2-4,6H,5,13H2,1H3,(H,14,15). The van der Waals surface area contributed by atoms with Crippen molar-refractivity contribution in [1.29, 1.82) is 0 Å². The lowest BCUT2D eigenvalue weighted by Gasteiger charge is -2.10. The molecule has 1 aromatic rings. The maximum absolute atomic E-state index is 11.2. The number of hydrogen-bond donors (Lipinski definition) is 2. The lowest BCUT2D eigenvalue weighted by molar-refractivity contribution is -0.123. The van der Waals surface area contributed by atoms with E-state index in [-0.39, 0.29) is 11.8 Å². The van der Waals surface area contributed by atoms with Crippen molar-refractivity contribution in [3.05, 3.63) is 28.2 Å². The van der Waals surface area contributed by atoms with Gasteiger partial charge in [-0.1, -0.05) is 30.1 Å². The third-order valence-electron chi connectivity index (χ3n) is 1.97. The van der Waals surface area contributed by atoms with E-state index in [9.17, 15) is 4.79 Å². The van der Waals surface area contributed by atoms with Gasteiger partial charge in [-0.25, -0.2) is 5.84 Å². The highest BCUT2D eigenvalue weighted by atomic mass is 35.5. The van der Waals surface area contributed by atoms with E-state index in [0.29, 0.717) is 15.8 Å². The number of hydrazine groups is 1. The predicted octanol–water partition coefficient (Wildman–Crippen LogP) is 2.71. The summed E-state index contributed by atoms with van der Waals surface area (Å²) in [5.41, 5.74) is 2.12. The summed E-state index contributed by atoms with van der Waals surface area (Å²) in [6.07, 6.45) is 0. The molecule has 0 aliphatic heterocycles. The summed E-state index contributed by atoms with van der Waals surface area (Å²) in [5, 5.41) is 1.26. The summed E-state index contributed by atoms with van der Waals surface area (Å²) in [7, 11) is 0. The molecule has 1 unspecified atom stereocenters. The van der Waals surface area contributed by atoms with E-state index < -0.39 is 0 Å². The molecule has 0 saturated carbocycles. The number of nitrogens with two attached hydrogens (primary N) is 1. The molecule has 1 rings (SSSR count). The zero-order valence-corrected chi connectivity index (χ0v) is 11.0. The van der Waals surface area contributed by atoms with E-state index in [1.807, 2.05) is 0 Å². The van der Waals surface area contributed by atoms with Crippen LogP contribution in [0.25, 0.3) is 0 Å². The number of halogens is 2. The molecular weight excluding hydrogens is 267 g/mol. The quantitative estimate of drug-likeness (QED) is 0.385. The third kappa shape index (κ3) is 3.87. The molecule has 0 radical (unpaired) electrons. The molecule has 0 aliphatic carbocycles. The molecule has 1 amide bonds. The first-order valence-electron chi connectivity index (χ1n) is 4.63. The van der Waals surface area contributed by atoms with Crippen molar-refractivity contribution in [2.75, 3.05) is 5.75 Å². The maximum Gasteiger partial charge on any atom is 0.237 e. The van der Waals surface area contributed by atoms with Crippen molar-refractivity contribution < 1.29 is 4.79 Å². The highest BCUT2D eigenvalue weighted by Gasteiger charge is 2.12. The molecule has 0 spiro atoms. The highest BCUT2D eigenvalue weighted by Crippen LogP contribution is 2.30. The van der Waals surface area contributed by atoms with Crippen LogP contribution in [0.5, 0.6) is 0 Å². The Balaban J connectivity index is 2.60. The Kier molecular flexibility index (Phi) is 5.41. The average Bonchev–Trinajstić information content (AvgIpc) is 2.28. The van der Waals surface area contributed by atoms with Gasteiger partial charge in [0.25, 0.3) is 0 Å². The second-order valence-electron chi connectivity index (χ2n) is 3.30. The summed E-state index contributed by atoms with van der Waals surface area (Å²) in [6.45, 7) is 1.80. The smallest absolute Gasteiger partial charge is 0.237 e. The van der Waals surface area contributed by atoms with Crippen LogP contribution in [-0.2, 0) is 4.79 Å². The van der Waals surface area contributed by atoms with E-state index in [4.69, 9.17) is 29.0 Å². The molecule has 0 aliphatic rings. The first-order valence-corrected chi connectivity index (χ1v) is 6.37. The second-order valence-corrected chi connectivity index (χ2v) is 5.20. The molecule has 0 fully saturated rings. The molecule has 0 saturated heterocycles. The van der Waals surface area contributed by atoms with E-state index in [1.165, 1.54) is 11.8 Å². The minimum Gasteiger partial charge on any atom is -0.294 e. The van der Waals surface area contributed by atoms with Crippen LogP contribution in [0.15, 0.2) is 23.1 Å². The van der Waals surface area contributed by atoms with Gasteiger partial charge in [-0.2, -0.15) is 0 Å². The Hall–Kier alpha value is -0.420. The van der Waals surface area contributed by atoms with Gasteiger partial charge in [0, 0.05) is 21.6 Å². The molecule has 0 bridgehead atoms. The number of carbonyl (C=O) groups excluding carboxylic acids is 1. The Morgan fingerprint density at radius 3 is 2.88 bits per heavy atom. The van der Waals surface area contributed by atoms with Crippen LogP contribution in [0, 0.1) is 5.92 Å². The van der Waals surface area contributed by atoms with Crippen molar-refractivity contribution in [2.45, 2.75) is 11.8 Å². The summed E-state index contributed by atoms with van der Waals surface area (Å²) in [4.78, 5) is 12.0. The van der Waals surface area contributed by atoms with Gasteiger partial charge in [-0.3, -0.25) is 10.2 Å². The first kappa shape index (κ1) is 13.6. The van der Waals surface area contributed by atoms with Crippen LogP contribution >= 0.6 is 35.0 Å². The second kappa shape index (κ2) is 6.35. The Morgan fingerprint density at radius 2 is 2.25 bits per heavy atom. The van der Waals surface area contributed by atoms with Crippen molar-refractivity contribution in [1.82, 2.24) is 5.43 Å². The topological polar surface area (TPSA) is 55.1 Å². The number of thioether (sulfide) groups is 1. The molecule has 6 heteroatoms. The van der Waals surface area contributed by atoms with Crippen LogP contribution in [0.3, 0.4) is 0 Å². The van der Waals surface area contributed by atoms with Gasteiger partial charge in [0.05, 0.1) is 5.02 Å². The van der Waals surface area contributed by atoms with Crippen molar-refractivity contribution >= 4 is 40.9 Å². The lowest BCUT2D eigenvalue weighted by atomic mass is 10.2. The number of rotatable bonds is 4. The molecule has 3 nitrogen and oxygen atoms in total. The van der Waals surface area contributed by atoms with Gasteiger partial charge >= 0.3 is 0 Å². The van der Waals surface area contributed by atoms with Gasteiger partial charge in [0.1, 0.15) is 0 Å². The minimum atomic E-state index is -0.189. The van der Waals surface area contributed by atoms with E-state index in [1.54, 1.807) is 25.1 Å². The zero-order valence-electron chi connectivity index (χ0n) is 8.67. The van der Waals surface area contributed by atoms with Gasteiger partial charge in [-0.15, -0.1) is 11.8 Å². The van der Waals surface area contributed by atoms with Crippen LogP contribution < -0.4 is 11.3 Å². The van der Waals surface area contributed by atoms with Crippen LogP contribution in [-0.4, -0.2) is 11.7 Å². The highest BCUT2D eigenvalue weighted by molar-refractivity contribution is 7.99. The fourth-order valence-corrected chi connectivity index (χ4v) is 2.54. The molecule has 1 aromatic carbocycles. The summed E-state index contributed by atoms with van der Waals surface area (Å²) in [5.74, 6) is 5.28. The predicted molar refractivity (Wildman–Crippen MR) is 68.7 cm³/mol. The van der Waals surface area contributed by atoms with Gasteiger partial charge in [0.2, 0.25) is 5.91 Å². The number of benzene rings is 1. The lowest BCUT2D eigenvalue weighted by Crippen LogP contribution is -2.35. The number of hydrogen-bond acceptors (Lipinski definition) is 3. The van der Waals surface area contributed by atoms with Crippen LogP contribution in [0.1, 0.15) is 6.92 Å². The minimum absolute atomic E-state index is 0.176. The third-order valence-corrected chi connectivity index (χ3v) is 3.96. The first-order chi connectivity index (χ1) is 7.54. The zero-order chi connectivity index (χ0) is 12.1. The van der Waals surface area contributed by atoms with Crippen LogP contribution in [0.4, 0.5) is 0 Å². The fourth-order valence-electron chi connectivity index (χ4n) is 1.02. The van der Waals surface area contributed by atoms with Gasteiger partial charge in [0.15, 0.2) is 0 Å². The van der Waals surface area contributed by atoms with E-state index in [0.717, 1.165) is 4.90 Å². The van der Waals surface area contributed by atoms with E-state index >= 15 is 0 Å². The van der Waals surface area contributed by atoms with Crippen molar-refractivity contribution in [3.63, 3.8) is 0 Å². The number of carbonyl (C=O) groups is 1. The largest absolute Gasteiger partial charge is 0.294 e. The monoisotopic (exact) mass is 278 g/mol.